The summed E-state index contributed by atoms with van der Waals surface area (Å²) in [6, 6.07) is 1.34. The molecule has 1 N–H and O–H groups in total. The fourth-order valence-corrected chi connectivity index (χ4v) is 1.27. The smallest absolute Gasteiger partial charge is 0.349 e. The van der Waals surface area contributed by atoms with Gasteiger partial charge < -0.3 is 9.84 Å². The number of terminal acetylenes is 1. The van der Waals surface area contributed by atoms with Crippen LogP contribution in [0.2, 0.25) is 0 Å². The first-order chi connectivity index (χ1) is 5.74. The van der Waals surface area contributed by atoms with Gasteiger partial charge in [-0.2, -0.15) is 0 Å². The molecule has 0 aliphatic heterocycles. The van der Waals surface area contributed by atoms with Crippen LogP contribution in [-0.2, 0) is 4.74 Å². The van der Waals surface area contributed by atoms with E-state index in [0.717, 1.165) is 11.3 Å². The summed E-state index contributed by atoms with van der Waals surface area (Å²) in [6.45, 7) is -0.0442. The van der Waals surface area contributed by atoms with Crippen LogP contribution in [0, 0.1) is 12.3 Å². The lowest BCUT2D eigenvalue weighted by molar-refractivity contribution is 0.0562. The molecule has 0 bridgehead atoms. The predicted octanol–water partition coefficient (Wildman–Crippen LogP) is 1.24. The molecule has 0 saturated carbocycles. The number of hydrogen-bond donors (Lipinski definition) is 1. The van der Waals surface area contributed by atoms with E-state index in [-0.39, 0.29) is 12.4 Å². The number of esters is 1. The van der Waals surface area contributed by atoms with Gasteiger partial charge in [0.25, 0.3) is 0 Å². The van der Waals surface area contributed by atoms with Gasteiger partial charge in [-0.1, -0.05) is 5.92 Å². The van der Waals surface area contributed by atoms with Gasteiger partial charge in [0.05, 0.1) is 0 Å². The van der Waals surface area contributed by atoms with Crippen molar-refractivity contribution in [2.75, 3.05) is 6.61 Å². The van der Waals surface area contributed by atoms with Gasteiger partial charge in [-0.3, -0.25) is 0 Å². The molecule has 0 aromatic carbocycles. The second kappa shape index (κ2) is 3.79. The normalized spacial score (nSPS) is 8.92. The lowest BCUT2D eigenvalue weighted by Gasteiger charge is -1.95. The second-order valence-electron chi connectivity index (χ2n) is 1.95. The number of rotatable bonds is 2. The van der Waals surface area contributed by atoms with Crippen LogP contribution in [0.25, 0.3) is 0 Å². The van der Waals surface area contributed by atoms with Crippen LogP contribution in [0.5, 0.6) is 5.75 Å². The maximum atomic E-state index is 11.0. The molecular formula is C8H6O3S. The lowest BCUT2D eigenvalue weighted by atomic mass is 10.4. The van der Waals surface area contributed by atoms with E-state index in [4.69, 9.17) is 11.5 Å². The van der Waals surface area contributed by atoms with Gasteiger partial charge in [0.2, 0.25) is 0 Å². The average Bonchev–Trinajstić information content (AvgIpc) is 2.47. The third-order valence-electron chi connectivity index (χ3n) is 1.07. The molecule has 0 amide bonds. The molecule has 0 fully saturated rings. The summed E-state index contributed by atoms with van der Waals surface area (Å²) in [4.78, 5) is 11.3. The topological polar surface area (TPSA) is 46.5 Å². The van der Waals surface area contributed by atoms with Crippen molar-refractivity contribution >= 4 is 17.3 Å². The maximum absolute atomic E-state index is 11.0. The molecule has 0 saturated heterocycles. The first-order valence-electron chi connectivity index (χ1n) is 3.12. The highest BCUT2D eigenvalue weighted by Crippen LogP contribution is 2.20. The third kappa shape index (κ3) is 2.01. The molecule has 1 aromatic rings. The van der Waals surface area contributed by atoms with Crippen molar-refractivity contribution < 1.29 is 14.6 Å². The summed E-state index contributed by atoms with van der Waals surface area (Å²) in [5.41, 5.74) is 0. The maximum Gasteiger partial charge on any atom is 0.349 e. The molecule has 12 heavy (non-hydrogen) atoms. The second-order valence-corrected chi connectivity index (χ2v) is 2.86. The van der Waals surface area contributed by atoms with Crippen molar-refractivity contribution in [2.24, 2.45) is 0 Å². The van der Waals surface area contributed by atoms with Crippen molar-refractivity contribution in [1.29, 1.82) is 0 Å². The van der Waals surface area contributed by atoms with E-state index in [1.807, 2.05) is 0 Å². The Morgan fingerprint density at radius 3 is 3.08 bits per heavy atom. The van der Waals surface area contributed by atoms with Gasteiger partial charge in [0, 0.05) is 11.4 Å². The molecule has 4 heteroatoms. The minimum absolute atomic E-state index is 0.0442. The van der Waals surface area contributed by atoms with E-state index < -0.39 is 5.97 Å². The van der Waals surface area contributed by atoms with Gasteiger partial charge >= 0.3 is 5.97 Å². The van der Waals surface area contributed by atoms with E-state index >= 15 is 0 Å². The van der Waals surface area contributed by atoms with Gasteiger partial charge in [-0.15, -0.1) is 17.8 Å². The number of carbonyl (C=O) groups excluding carboxylic acids is 1. The Hall–Kier alpha value is -1.47. The van der Waals surface area contributed by atoms with Crippen molar-refractivity contribution in [2.45, 2.75) is 0 Å². The molecular weight excluding hydrogens is 176 g/mol. The van der Waals surface area contributed by atoms with Crippen LogP contribution in [0.15, 0.2) is 11.4 Å². The summed E-state index contributed by atoms with van der Waals surface area (Å²) >= 11 is 1.11. The molecule has 1 aromatic heterocycles. The number of ether oxygens (including phenoxy) is 1. The Bertz CT molecular complexity index is 321. The van der Waals surface area contributed by atoms with Gasteiger partial charge in [0.15, 0.2) is 6.61 Å². The van der Waals surface area contributed by atoms with Gasteiger partial charge in [-0.25, -0.2) is 4.79 Å². The molecule has 1 heterocycles. The van der Waals surface area contributed by atoms with E-state index in [0.29, 0.717) is 4.88 Å². The van der Waals surface area contributed by atoms with E-state index in [1.54, 1.807) is 0 Å². The first-order valence-corrected chi connectivity index (χ1v) is 4.00. The molecule has 0 aliphatic rings. The molecule has 0 aliphatic carbocycles. The van der Waals surface area contributed by atoms with Crippen molar-refractivity contribution in [3.63, 3.8) is 0 Å². The van der Waals surface area contributed by atoms with E-state index in [9.17, 15) is 4.79 Å². The third-order valence-corrected chi connectivity index (χ3v) is 1.97. The highest BCUT2D eigenvalue weighted by Gasteiger charge is 2.08. The number of aromatic hydroxyl groups is 1. The zero-order valence-electron chi connectivity index (χ0n) is 6.11. The van der Waals surface area contributed by atoms with Crippen LogP contribution >= 0.6 is 11.3 Å². The van der Waals surface area contributed by atoms with Crippen LogP contribution in [0.4, 0.5) is 0 Å². The predicted molar refractivity (Wildman–Crippen MR) is 45.1 cm³/mol. The fraction of sp³-hybridized carbons (Fsp3) is 0.125. The Morgan fingerprint density at radius 1 is 1.83 bits per heavy atom. The fourth-order valence-electron chi connectivity index (χ4n) is 0.612. The Balaban J connectivity index is 2.61. The highest BCUT2D eigenvalue weighted by atomic mass is 32.1. The average molecular weight is 182 g/mol. The summed E-state index contributed by atoms with van der Waals surface area (Å²) < 4.78 is 4.61. The Kier molecular flexibility index (Phi) is 2.72. The Morgan fingerprint density at radius 2 is 2.58 bits per heavy atom. The molecule has 3 nitrogen and oxygen atoms in total. The summed E-state index contributed by atoms with van der Waals surface area (Å²) in [5.74, 6) is 1.74. The van der Waals surface area contributed by atoms with E-state index in [2.05, 4.69) is 10.7 Å². The number of hydrogen-bond acceptors (Lipinski definition) is 4. The molecule has 0 atom stereocenters. The summed E-state index contributed by atoms with van der Waals surface area (Å²) in [7, 11) is 0. The van der Waals surface area contributed by atoms with Crippen LogP contribution < -0.4 is 0 Å². The van der Waals surface area contributed by atoms with Gasteiger partial charge in [-0.05, 0) is 0 Å². The number of carbonyl (C=O) groups is 1. The Labute approximate surface area is 73.6 Å². The molecule has 62 valence electrons. The number of thiophene rings is 1. The monoisotopic (exact) mass is 182 g/mol. The van der Waals surface area contributed by atoms with E-state index in [1.165, 1.54) is 11.4 Å². The lowest BCUT2D eigenvalue weighted by Crippen LogP contribution is -2.02. The molecule has 1 rings (SSSR count). The first kappa shape index (κ1) is 8.62. The molecule has 0 unspecified atom stereocenters. The molecule has 0 spiro atoms. The zero-order valence-corrected chi connectivity index (χ0v) is 6.93. The van der Waals surface area contributed by atoms with Crippen LogP contribution in [-0.4, -0.2) is 17.7 Å². The van der Waals surface area contributed by atoms with Crippen molar-refractivity contribution in [3.8, 4) is 18.1 Å². The van der Waals surface area contributed by atoms with Gasteiger partial charge in [0.1, 0.15) is 10.6 Å². The highest BCUT2D eigenvalue weighted by molar-refractivity contribution is 7.12. The summed E-state index contributed by atoms with van der Waals surface area (Å²) in [6.07, 6.45) is 4.89. The summed E-state index contributed by atoms with van der Waals surface area (Å²) in [5, 5.41) is 10.3. The van der Waals surface area contributed by atoms with Crippen LogP contribution in [0.3, 0.4) is 0 Å². The van der Waals surface area contributed by atoms with Crippen LogP contribution in [0.1, 0.15) is 9.67 Å². The van der Waals surface area contributed by atoms with Crippen molar-refractivity contribution in [1.82, 2.24) is 0 Å². The van der Waals surface area contributed by atoms with Crippen molar-refractivity contribution in [3.05, 3.63) is 16.3 Å². The quantitative estimate of drug-likeness (QED) is 0.553. The zero-order chi connectivity index (χ0) is 8.97. The SMILES string of the molecule is C#CCOC(=O)c1cc(O)cs1. The minimum Gasteiger partial charge on any atom is -0.507 e. The molecule has 0 radical (unpaired) electrons. The standard InChI is InChI=1S/C8H6O3S/c1-2-3-11-8(10)7-4-6(9)5-12-7/h1,4-5,9H,3H2. The largest absolute Gasteiger partial charge is 0.507 e. The minimum atomic E-state index is -0.502.